The first-order valence-corrected chi connectivity index (χ1v) is 10.1. The average molecular weight is 482 g/mol. The first kappa shape index (κ1) is 19.4. The Labute approximate surface area is 170 Å². The Balaban J connectivity index is 2.25. The fourth-order valence-corrected chi connectivity index (χ4v) is 3.80. The van der Waals surface area contributed by atoms with Crippen molar-refractivity contribution in [3.05, 3.63) is 44.8 Å². The van der Waals surface area contributed by atoms with Crippen LogP contribution < -0.4 is 4.74 Å². The Bertz CT molecular complexity index is 918. The number of benzene rings is 2. The van der Waals surface area contributed by atoms with Gasteiger partial charge in [0, 0.05) is 23.7 Å². The van der Waals surface area contributed by atoms with Gasteiger partial charge in [-0.15, -0.1) is 0 Å². The van der Waals surface area contributed by atoms with E-state index < -0.39 is 0 Å². The van der Waals surface area contributed by atoms with Crippen molar-refractivity contribution >= 4 is 42.9 Å². The highest BCUT2D eigenvalue weighted by molar-refractivity contribution is 9.13. The minimum Gasteiger partial charge on any atom is -0.494 e. The lowest BCUT2D eigenvalue weighted by molar-refractivity contribution is 0.188. The number of hydrogen-bond acceptors (Lipinski definition) is 3. The van der Waals surface area contributed by atoms with E-state index in [1.165, 1.54) is 5.56 Å². The van der Waals surface area contributed by atoms with Crippen molar-refractivity contribution in [3.8, 4) is 17.1 Å². The average Bonchev–Trinajstić information content (AvgIpc) is 3.02. The Morgan fingerprint density at radius 1 is 1.12 bits per heavy atom. The molecule has 26 heavy (non-hydrogen) atoms. The highest BCUT2D eigenvalue weighted by Gasteiger charge is 2.20. The van der Waals surface area contributed by atoms with Crippen LogP contribution in [-0.4, -0.2) is 30.4 Å². The molecule has 0 unspecified atom stereocenters. The Morgan fingerprint density at radius 2 is 1.81 bits per heavy atom. The molecule has 3 aromatic rings. The molecule has 0 N–H and O–H groups in total. The fourth-order valence-electron chi connectivity index (χ4n) is 3.01. The molecule has 0 radical (unpaired) electrons. The summed E-state index contributed by atoms with van der Waals surface area (Å²) in [4.78, 5) is 4.93. The van der Waals surface area contributed by atoms with Crippen molar-refractivity contribution in [1.82, 2.24) is 9.55 Å². The third kappa shape index (κ3) is 3.55. The normalized spacial score (nSPS) is 11.5. The van der Waals surface area contributed by atoms with Crippen molar-refractivity contribution in [2.75, 3.05) is 20.8 Å². The first-order valence-electron chi connectivity index (χ1n) is 8.49. The van der Waals surface area contributed by atoms with Gasteiger partial charge in [-0.1, -0.05) is 38.1 Å². The van der Waals surface area contributed by atoms with E-state index >= 15 is 0 Å². The molecule has 138 valence electrons. The van der Waals surface area contributed by atoms with Gasteiger partial charge in [0.05, 0.1) is 18.2 Å². The van der Waals surface area contributed by atoms with Crippen LogP contribution in [0.2, 0.25) is 0 Å². The first-order chi connectivity index (χ1) is 12.5. The van der Waals surface area contributed by atoms with E-state index in [9.17, 15) is 0 Å². The van der Waals surface area contributed by atoms with Crippen molar-refractivity contribution in [2.45, 2.75) is 26.3 Å². The quantitative estimate of drug-likeness (QED) is 0.432. The van der Waals surface area contributed by atoms with Gasteiger partial charge in [0.1, 0.15) is 22.6 Å². The minimum absolute atomic E-state index is 0.501. The van der Waals surface area contributed by atoms with Crippen LogP contribution in [0.3, 0.4) is 0 Å². The summed E-state index contributed by atoms with van der Waals surface area (Å²) in [6, 6.07) is 10.6. The molecular weight excluding hydrogens is 460 g/mol. The molecule has 0 bridgehead atoms. The second-order valence-corrected chi connectivity index (χ2v) is 8.08. The number of fused-ring (bicyclic) bond motifs is 1. The van der Waals surface area contributed by atoms with E-state index in [0.717, 1.165) is 37.1 Å². The van der Waals surface area contributed by atoms with Crippen molar-refractivity contribution < 1.29 is 9.47 Å². The van der Waals surface area contributed by atoms with E-state index in [2.05, 4.69) is 74.5 Å². The molecule has 1 aromatic heterocycles. The van der Waals surface area contributed by atoms with Gasteiger partial charge in [-0.25, -0.2) is 4.98 Å². The molecule has 0 fully saturated rings. The zero-order valence-electron chi connectivity index (χ0n) is 15.3. The zero-order valence-corrected chi connectivity index (χ0v) is 18.5. The second-order valence-electron chi connectivity index (χ2n) is 6.43. The molecule has 0 spiro atoms. The summed E-state index contributed by atoms with van der Waals surface area (Å²) in [6.45, 7) is 5.68. The van der Waals surface area contributed by atoms with Crippen LogP contribution in [0.1, 0.15) is 25.3 Å². The molecule has 0 amide bonds. The van der Waals surface area contributed by atoms with Crippen LogP contribution >= 0.6 is 31.9 Å². The van der Waals surface area contributed by atoms with Crippen molar-refractivity contribution in [3.63, 3.8) is 0 Å². The molecule has 3 rings (SSSR count). The number of nitrogens with zero attached hydrogens (tertiary/aromatic N) is 2. The number of halogens is 2. The lowest BCUT2D eigenvalue weighted by atomic mass is 10.0. The molecule has 0 aliphatic heterocycles. The van der Waals surface area contributed by atoms with E-state index in [1.54, 1.807) is 14.2 Å². The molecule has 4 nitrogen and oxygen atoms in total. The van der Waals surface area contributed by atoms with Gasteiger partial charge in [0.2, 0.25) is 0 Å². The van der Waals surface area contributed by atoms with Gasteiger partial charge in [0.25, 0.3) is 0 Å². The van der Waals surface area contributed by atoms with Crippen LogP contribution in [0.25, 0.3) is 22.4 Å². The Kier molecular flexibility index (Phi) is 6.05. The van der Waals surface area contributed by atoms with Crippen LogP contribution in [-0.2, 0) is 11.3 Å². The summed E-state index contributed by atoms with van der Waals surface area (Å²) in [5.74, 6) is 2.19. The van der Waals surface area contributed by atoms with Crippen LogP contribution in [0.4, 0.5) is 0 Å². The van der Waals surface area contributed by atoms with Crippen molar-refractivity contribution in [2.24, 2.45) is 0 Å². The predicted octanol–water partition coefficient (Wildman–Crippen LogP) is 6.01. The molecule has 2 aromatic carbocycles. The summed E-state index contributed by atoms with van der Waals surface area (Å²) >= 11 is 7.23. The summed E-state index contributed by atoms with van der Waals surface area (Å²) < 4.78 is 15.0. The number of rotatable bonds is 6. The number of hydrogen-bond donors (Lipinski definition) is 0. The topological polar surface area (TPSA) is 36.3 Å². The SMILES string of the molecule is COCCn1c(-c2ccc(C(C)C)cc2)nc2c(Br)c(Br)cc(OC)c21. The van der Waals surface area contributed by atoms with Gasteiger partial charge < -0.3 is 14.0 Å². The standard InChI is InChI=1S/C20H22Br2N2O2/c1-12(2)13-5-7-14(8-6-13)20-23-18-17(22)15(21)11-16(26-4)19(18)24(20)9-10-25-3/h5-8,11-12H,9-10H2,1-4H3. The molecule has 6 heteroatoms. The van der Waals surface area contributed by atoms with E-state index in [4.69, 9.17) is 14.5 Å². The maximum atomic E-state index is 5.63. The van der Waals surface area contributed by atoms with Crippen LogP contribution in [0, 0.1) is 0 Å². The summed E-state index contributed by atoms with van der Waals surface area (Å²) in [6.07, 6.45) is 0. The van der Waals surface area contributed by atoms with Gasteiger partial charge in [-0.2, -0.15) is 0 Å². The maximum absolute atomic E-state index is 5.63. The van der Waals surface area contributed by atoms with Crippen LogP contribution in [0.5, 0.6) is 5.75 Å². The molecule has 0 aliphatic rings. The molecule has 0 saturated carbocycles. The maximum Gasteiger partial charge on any atom is 0.146 e. The molecule has 1 heterocycles. The largest absolute Gasteiger partial charge is 0.494 e. The Morgan fingerprint density at radius 3 is 2.38 bits per heavy atom. The third-order valence-corrected chi connectivity index (χ3v) is 6.41. The second kappa shape index (κ2) is 8.11. The third-order valence-electron chi connectivity index (χ3n) is 4.45. The molecule has 0 atom stereocenters. The van der Waals surface area contributed by atoms with Gasteiger partial charge in [-0.05, 0) is 49.4 Å². The predicted molar refractivity (Wildman–Crippen MR) is 113 cm³/mol. The molecule has 0 aliphatic carbocycles. The smallest absolute Gasteiger partial charge is 0.146 e. The number of aromatic nitrogens is 2. The van der Waals surface area contributed by atoms with E-state index in [1.807, 2.05) is 6.07 Å². The Hall–Kier alpha value is -1.37. The summed E-state index contributed by atoms with van der Waals surface area (Å²) in [7, 11) is 3.39. The van der Waals surface area contributed by atoms with Crippen molar-refractivity contribution in [1.29, 1.82) is 0 Å². The molecule has 0 saturated heterocycles. The summed E-state index contributed by atoms with van der Waals surface area (Å²) in [5.41, 5.74) is 4.22. The monoisotopic (exact) mass is 480 g/mol. The molecular formula is C20H22Br2N2O2. The minimum atomic E-state index is 0.501. The van der Waals surface area contributed by atoms with Gasteiger partial charge in [0.15, 0.2) is 0 Å². The fraction of sp³-hybridized carbons (Fsp3) is 0.350. The highest BCUT2D eigenvalue weighted by atomic mass is 79.9. The van der Waals surface area contributed by atoms with Crippen LogP contribution in [0.15, 0.2) is 39.3 Å². The highest BCUT2D eigenvalue weighted by Crippen LogP contribution is 2.40. The number of ether oxygens (including phenoxy) is 2. The van der Waals surface area contributed by atoms with E-state index in [-0.39, 0.29) is 0 Å². The van der Waals surface area contributed by atoms with Gasteiger partial charge in [-0.3, -0.25) is 0 Å². The number of imidazole rings is 1. The zero-order chi connectivity index (χ0) is 18.8. The lowest BCUT2D eigenvalue weighted by Gasteiger charge is -2.12. The van der Waals surface area contributed by atoms with E-state index in [0.29, 0.717) is 19.1 Å². The lowest BCUT2D eigenvalue weighted by Crippen LogP contribution is -2.07. The summed E-state index contributed by atoms with van der Waals surface area (Å²) in [5, 5.41) is 0. The number of methoxy groups -OCH3 is 2. The van der Waals surface area contributed by atoms with Gasteiger partial charge >= 0.3 is 0 Å².